The van der Waals surface area contributed by atoms with Crippen LogP contribution in [0.3, 0.4) is 0 Å². The number of hydrogen-bond acceptors (Lipinski definition) is 1. The van der Waals surface area contributed by atoms with Crippen molar-refractivity contribution in [3.05, 3.63) is 150 Å². The van der Waals surface area contributed by atoms with Crippen LogP contribution in [0.4, 0.5) is 0 Å². The largest absolute Gasteiger partial charge is 0.287 e. The number of benzene rings is 5. The van der Waals surface area contributed by atoms with Gasteiger partial charge in [-0.2, -0.15) is 35.9 Å². The maximum Gasteiger partial charge on any atom is 0.192 e. The van der Waals surface area contributed by atoms with E-state index in [4.69, 9.17) is 4.98 Å². The molecule has 54 heavy (non-hydrogen) atoms. The zero-order chi connectivity index (χ0) is 38.3. The van der Waals surface area contributed by atoms with Gasteiger partial charge < -0.3 is 0 Å². The molecule has 0 saturated carbocycles. The first-order chi connectivity index (χ1) is 24.8. The average molecular weight is 890 g/mol. The van der Waals surface area contributed by atoms with E-state index in [0.717, 1.165) is 44.7 Å². The van der Waals surface area contributed by atoms with Gasteiger partial charge in [0.25, 0.3) is 0 Å². The second kappa shape index (κ2) is 15.7. The van der Waals surface area contributed by atoms with Crippen molar-refractivity contribution in [2.75, 3.05) is 0 Å². The number of rotatable bonds is 6. The second-order valence-electron chi connectivity index (χ2n) is 18.7. The van der Waals surface area contributed by atoms with Gasteiger partial charge in [0.2, 0.25) is 0 Å². The first-order valence-electron chi connectivity index (χ1n) is 19.0. The molecule has 280 valence electrons. The normalized spacial score (nSPS) is 12.3. The smallest absolute Gasteiger partial charge is 0.192 e. The van der Waals surface area contributed by atoms with Crippen LogP contribution in [0.1, 0.15) is 105 Å². The molecule has 0 saturated heterocycles. The first-order valence-corrected chi connectivity index (χ1v) is 19.0. The third-order valence-electron chi connectivity index (χ3n) is 10.2. The quantitative estimate of drug-likeness (QED) is 0.120. The summed E-state index contributed by atoms with van der Waals surface area (Å²) in [7, 11) is 2.28. The van der Waals surface area contributed by atoms with Gasteiger partial charge in [-0.05, 0) is 61.6 Å². The van der Waals surface area contributed by atoms with E-state index in [1.54, 1.807) is 0 Å². The molecule has 0 aliphatic heterocycles. The molecule has 0 aliphatic carbocycles. The summed E-state index contributed by atoms with van der Waals surface area (Å²) in [5, 5.41) is 0. The Bertz CT molecular complexity index is 2130. The van der Waals surface area contributed by atoms with E-state index >= 15 is 0 Å². The Balaban J connectivity index is 0.00000561. The molecule has 0 N–H and O–H groups in total. The fourth-order valence-corrected chi connectivity index (χ4v) is 6.61. The summed E-state index contributed by atoms with van der Waals surface area (Å²) < 4.78 is 0. The van der Waals surface area contributed by atoms with Gasteiger partial charge in [-0.3, -0.25) is 4.98 Å². The molecule has 0 bridgehead atoms. The molecule has 3 heteroatoms. The van der Waals surface area contributed by atoms with Crippen LogP contribution >= 0.6 is 0 Å². The fraction of sp³-hybridized carbons (Fsp3) is 0.314. The molecule has 1 heterocycles. The zero-order valence-corrected chi connectivity index (χ0v) is 36.5. The van der Waals surface area contributed by atoms with Crippen molar-refractivity contribution < 1.29 is 22.4 Å². The Morgan fingerprint density at radius 2 is 0.981 bits per heavy atom. The predicted octanol–water partition coefficient (Wildman–Crippen LogP) is 12.2. The molecule has 0 spiro atoms. The Hall–Kier alpha value is -3.94. The number of aromatic nitrogens is 1. The molecule has 0 amide bonds. The number of nitrogens with zero attached hydrogens (tertiary/aromatic N) is 1. The van der Waals surface area contributed by atoms with Gasteiger partial charge >= 0.3 is 0 Å². The van der Waals surface area contributed by atoms with Crippen LogP contribution in [0, 0.1) is 12.1 Å². The summed E-state index contributed by atoms with van der Waals surface area (Å²) in [4.78, 5) is 5.39. The monoisotopic (exact) mass is 889 g/mol. The molecule has 0 fully saturated rings. The summed E-state index contributed by atoms with van der Waals surface area (Å²) in [5.41, 5.74) is 16.0. The minimum atomic E-state index is -0.00215. The molecule has 6 rings (SSSR count). The summed E-state index contributed by atoms with van der Waals surface area (Å²) in [6, 6.07) is 49.5. The van der Waals surface area contributed by atoms with Crippen molar-refractivity contribution >= 4 is 18.2 Å². The fourth-order valence-electron chi connectivity index (χ4n) is 6.61. The van der Waals surface area contributed by atoms with Crippen molar-refractivity contribution in [3.63, 3.8) is 0 Å². The second-order valence-corrected chi connectivity index (χ2v) is 18.7. The van der Waals surface area contributed by atoms with Crippen LogP contribution in [0.25, 0.3) is 44.8 Å². The van der Waals surface area contributed by atoms with Crippen molar-refractivity contribution in [2.45, 2.75) is 105 Å². The molecular weight excluding hydrogens is 834 g/mol. The van der Waals surface area contributed by atoms with Gasteiger partial charge in [0, 0.05) is 28.1 Å². The topological polar surface area (TPSA) is 12.9 Å². The van der Waals surface area contributed by atoms with E-state index in [-0.39, 0.29) is 44.0 Å². The van der Waals surface area contributed by atoms with Crippen LogP contribution in [0.5, 0.6) is 0 Å². The van der Waals surface area contributed by atoms with Crippen LogP contribution in [-0.4, -0.2) is 12.3 Å². The van der Waals surface area contributed by atoms with E-state index < -0.39 is 0 Å². The van der Waals surface area contributed by atoms with E-state index in [1.807, 2.05) is 0 Å². The van der Waals surface area contributed by atoms with Crippen LogP contribution in [-0.2, 0) is 44.0 Å². The predicted molar refractivity (Wildman–Crippen MR) is 230 cm³/mol. The molecule has 2 radical (unpaired) electrons. The summed E-state index contributed by atoms with van der Waals surface area (Å²) in [6.45, 7) is 27.1. The Labute approximate surface area is 342 Å². The van der Waals surface area contributed by atoms with E-state index in [9.17, 15) is 0 Å². The van der Waals surface area contributed by atoms with Crippen LogP contribution < -0.4 is 10.9 Å². The Morgan fingerprint density at radius 3 is 1.54 bits per heavy atom. The molecule has 1 aromatic heterocycles. The van der Waals surface area contributed by atoms with Gasteiger partial charge in [-0.1, -0.05) is 172 Å². The standard InChI is InChI=1S/C51H55BN.Au/c1-48(2,3)39-20-16-34(17-21-39)36-30-37(35-18-22-40(23-19-35)49(4,5)6)32-38(31-36)46-14-13-15-47(53-46)44-33-42(51(10,11)12)26-29-45(44)52-43-27-24-41(25-28-43)50(7,8)9;/h13-18,20-31,33H,1-12H3;/q-2;. The molecular formula is C51H55AuBN-2. The molecule has 0 atom stereocenters. The third kappa shape index (κ3) is 9.64. The number of hydrogen-bond donors (Lipinski definition) is 0. The van der Waals surface area contributed by atoms with Crippen LogP contribution in [0.15, 0.2) is 115 Å². The third-order valence-corrected chi connectivity index (χ3v) is 10.2. The molecule has 0 aliphatic rings. The van der Waals surface area contributed by atoms with E-state index in [1.165, 1.54) is 33.3 Å². The van der Waals surface area contributed by atoms with Gasteiger partial charge in [0.05, 0.1) is 5.69 Å². The van der Waals surface area contributed by atoms with Crippen molar-refractivity contribution in [3.8, 4) is 44.8 Å². The van der Waals surface area contributed by atoms with Gasteiger partial charge in [0.15, 0.2) is 7.28 Å². The van der Waals surface area contributed by atoms with Crippen molar-refractivity contribution in [2.24, 2.45) is 0 Å². The summed E-state index contributed by atoms with van der Waals surface area (Å²) in [6.07, 6.45) is 0. The molecule has 0 unspecified atom stereocenters. The maximum absolute atomic E-state index is 5.39. The maximum atomic E-state index is 5.39. The molecule has 6 aromatic rings. The SMILES string of the molecule is CC(C)(C)c1c[c-]c(-c2[c-]c(-c3cccc(-c4cc(C(C)(C)C)ccc4[B]c4ccc(C(C)(C)C)cc4)n3)cc(-c3ccc(C(C)(C)C)cc3)c2)cc1.[Au]. The summed E-state index contributed by atoms with van der Waals surface area (Å²) in [5.74, 6) is 0. The van der Waals surface area contributed by atoms with Crippen molar-refractivity contribution in [1.29, 1.82) is 0 Å². The minimum absolute atomic E-state index is 0. The Kier molecular flexibility index (Phi) is 12.0. The van der Waals surface area contributed by atoms with E-state index in [0.29, 0.717) is 0 Å². The van der Waals surface area contributed by atoms with Crippen molar-refractivity contribution in [1.82, 2.24) is 4.98 Å². The molecule has 1 nitrogen and oxygen atoms in total. The average Bonchev–Trinajstić information content (AvgIpc) is 3.10. The minimum Gasteiger partial charge on any atom is -0.287 e. The van der Waals surface area contributed by atoms with E-state index in [2.05, 4.69) is 218 Å². The summed E-state index contributed by atoms with van der Waals surface area (Å²) >= 11 is 0. The first kappa shape index (κ1) is 41.2. The van der Waals surface area contributed by atoms with Crippen LogP contribution in [0.2, 0.25) is 0 Å². The Morgan fingerprint density at radius 1 is 0.463 bits per heavy atom. The number of pyridine rings is 1. The molecule has 5 aromatic carbocycles. The zero-order valence-electron chi connectivity index (χ0n) is 34.3. The van der Waals surface area contributed by atoms with Gasteiger partial charge in [-0.15, -0.1) is 23.3 Å². The van der Waals surface area contributed by atoms with Gasteiger partial charge in [0.1, 0.15) is 0 Å². The van der Waals surface area contributed by atoms with Gasteiger partial charge in [-0.25, -0.2) is 5.56 Å².